The van der Waals surface area contributed by atoms with Crippen molar-refractivity contribution in [1.29, 1.82) is 0 Å². The highest BCUT2D eigenvalue weighted by Crippen LogP contribution is 2.26. The molecule has 3 heteroatoms. The van der Waals surface area contributed by atoms with Crippen LogP contribution in [-0.4, -0.2) is 16.7 Å². The number of nitrogens with zero attached hydrogens (tertiary/aromatic N) is 1. The third-order valence-corrected chi connectivity index (χ3v) is 5.36. The van der Waals surface area contributed by atoms with E-state index in [1.165, 1.54) is 11.1 Å². The maximum atomic E-state index is 11.6. The molecule has 1 aliphatic rings. The van der Waals surface area contributed by atoms with Crippen LogP contribution >= 0.6 is 15.9 Å². The third-order valence-electron chi connectivity index (χ3n) is 4.59. The maximum absolute atomic E-state index is 11.6. The highest BCUT2D eigenvalue weighted by Gasteiger charge is 2.25. The van der Waals surface area contributed by atoms with Crippen molar-refractivity contribution >= 4 is 21.7 Å². The number of hydrogen-bond donors (Lipinski definition) is 0. The number of carbonyl (C=O) groups excluding carboxylic acids is 1. The van der Waals surface area contributed by atoms with E-state index in [4.69, 9.17) is 0 Å². The van der Waals surface area contributed by atoms with Crippen molar-refractivity contribution in [1.82, 2.24) is 4.90 Å². The van der Waals surface area contributed by atoms with Crippen molar-refractivity contribution in [3.8, 4) is 0 Å². The molecule has 1 fully saturated rings. The van der Waals surface area contributed by atoms with Gasteiger partial charge in [0.25, 0.3) is 0 Å². The quantitative estimate of drug-likeness (QED) is 0.739. The molecule has 0 bridgehead atoms. The standard InChI is InChI=1S/C20H22BrNO/c21-20-9-5-4-8-17(20)15-22(14-16-6-2-1-3-7-16)18-10-12-19(23)13-11-18/h1-9,18H,10-15H2. The van der Waals surface area contributed by atoms with Crippen LogP contribution in [0.2, 0.25) is 0 Å². The van der Waals surface area contributed by atoms with Gasteiger partial charge < -0.3 is 0 Å². The van der Waals surface area contributed by atoms with Gasteiger partial charge in [-0.2, -0.15) is 0 Å². The molecule has 0 atom stereocenters. The van der Waals surface area contributed by atoms with Gasteiger partial charge in [0.15, 0.2) is 0 Å². The molecule has 3 rings (SSSR count). The molecule has 2 aromatic carbocycles. The van der Waals surface area contributed by atoms with E-state index in [1.807, 2.05) is 6.07 Å². The van der Waals surface area contributed by atoms with E-state index < -0.39 is 0 Å². The Morgan fingerprint density at radius 3 is 2.26 bits per heavy atom. The molecule has 1 aliphatic carbocycles. The summed E-state index contributed by atoms with van der Waals surface area (Å²) in [5.74, 6) is 0.418. The summed E-state index contributed by atoms with van der Waals surface area (Å²) in [5, 5.41) is 0. The Kier molecular flexibility index (Phi) is 5.63. The summed E-state index contributed by atoms with van der Waals surface area (Å²) < 4.78 is 1.16. The van der Waals surface area contributed by atoms with E-state index in [2.05, 4.69) is 69.4 Å². The molecule has 0 amide bonds. The van der Waals surface area contributed by atoms with Gasteiger partial charge in [-0.1, -0.05) is 64.5 Å². The average molecular weight is 372 g/mol. The van der Waals surface area contributed by atoms with E-state index in [0.29, 0.717) is 11.8 Å². The first-order valence-electron chi connectivity index (χ1n) is 8.25. The molecule has 0 aliphatic heterocycles. The second-order valence-electron chi connectivity index (χ2n) is 6.25. The van der Waals surface area contributed by atoms with E-state index in [0.717, 1.165) is 43.2 Å². The first-order valence-corrected chi connectivity index (χ1v) is 9.05. The average Bonchev–Trinajstić information content (AvgIpc) is 2.58. The molecule has 0 spiro atoms. The SMILES string of the molecule is O=C1CCC(N(Cc2ccccc2)Cc2ccccc2Br)CC1. The van der Waals surface area contributed by atoms with Gasteiger partial charge in [0.05, 0.1) is 0 Å². The predicted octanol–water partition coefficient (Wildman–Crippen LogP) is 4.96. The fraction of sp³-hybridized carbons (Fsp3) is 0.350. The normalized spacial score (nSPS) is 16.0. The number of carbonyl (C=O) groups is 1. The summed E-state index contributed by atoms with van der Waals surface area (Å²) >= 11 is 3.66. The summed E-state index contributed by atoms with van der Waals surface area (Å²) in [6.07, 6.45) is 3.42. The molecular formula is C20H22BrNO. The largest absolute Gasteiger partial charge is 0.300 e. The van der Waals surface area contributed by atoms with Crippen LogP contribution in [0.25, 0.3) is 0 Å². The lowest BCUT2D eigenvalue weighted by Gasteiger charge is -2.34. The summed E-state index contributed by atoms with van der Waals surface area (Å²) in [6.45, 7) is 1.84. The van der Waals surface area contributed by atoms with Gasteiger partial charge in [-0.05, 0) is 30.0 Å². The molecule has 0 aromatic heterocycles. The van der Waals surface area contributed by atoms with E-state index >= 15 is 0 Å². The molecule has 0 saturated heterocycles. The van der Waals surface area contributed by atoms with Crippen molar-refractivity contribution in [3.05, 3.63) is 70.2 Å². The minimum absolute atomic E-state index is 0.418. The Morgan fingerprint density at radius 2 is 1.57 bits per heavy atom. The molecule has 0 N–H and O–H groups in total. The lowest BCUT2D eigenvalue weighted by Crippen LogP contribution is -2.37. The first-order chi connectivity index (χ1) is 11.2. The van der Waals surface area contributed by atoms with E-state index in [9.17, 15) is 4.79 Å². The highest BCUT2D eigenvalue weighted by atomic mass is 79.9. The van der Waals surface area contributed by atoms with Crippen LogP contribution in [0.15, 0.2) is 59.1 Å². The summed E-state index contributed by atoms with van der Waals surface area (Å²) in [6, 6.07) is 19.5. The van der Waals surface area contributed by atoms with Crippen LogP contribution in [0.5, 0.6) is 0 Å². The number of rotatable bonds is 5. The van der Waals surface area contributed by atoms with Gasteiger partial charge in [-0.3, -0.25) is 9.69 Å². The Balaban J connectivity index is 1.78. The lowest BCUT2D eigenvalue weighted by molar-refractivity contribution is -0.121. The van der Waals surface area contributed by atoms with Crippen LogP contribution in [0.4, 0.5) is 0 Å². The topological polar surface area (TPSA) is 20.3 Å². The first kappa shape index (κ1) is 16.4. The fourth-order valence-electron chi connectivity index (χ4n) is 3.27. The smallest absolute Gasteiger partial charge is 0.133 e. The van der Waals surface area contributed by atoms with Crippen LogP contribution < -0.4 is 0 Å². The summed E-state index contributed by atoms with van der Waals surface area (Å²) in [5.41, 5.74) is 2.64. The maximum Gasteiger partial charge on any atom is 0.133 e. The van der Waals surface area contributed by atoms with Crippen molar-refractivity contribution in [2.45, 2.75) is 44.8 Å². The van der Waals surface area contributed by atoms with Crippen LogP contribution in [0, 0.1) is 0 Å². The molecule has 0 unspecified atom stereocenters. The van der Waals surface area contributed by atoms with Crippen molar-refractivity contribution in [2.75, 3.05) is 0 Å². The van der Waals surface area contributed by atoms with Crippen LogP contribution in [0.3, 0.4) is 0 Å². The molecule has 0 radical (unpaired) electrons. The molecule has 1 saturated carbocycles. The molecule has 120 valence electrons. The van der Waals surface area contributed by atoms with Gasteiger partial charge >= 0.3 is 0 Å². The number of ketones is 1. The van der Waals surface area contributed by atoms with Crippen molar-refractivity contribution < 1.29 is 4.79 Å². The minimum Gasteiger partial charge on any atom is -0.300 e. The van der Waals surface area contributed by atoms with Gasteiger partial charge in [-0.15, -0.1) is 0 Å². The molecule has 2 aromatic rings. The van der Waals surface area contributed by atoms with Gasteiger partial charge in [-0.25, -0.2) is 0 Å². The number of Topliss-reactive ketones (excluding diaryl/α,β-unsaturated/α-hetero) is 1. The lowest BCUT2D eigenvalue weighted by atomic mass is 9.92. The van der Waals surface area contributed by atoms with E-state index in [-0.39, 0.29) is 0 Å². The third kappa shape index (κ3) is 4.52. The fourth-order valence-corrected chi connectivity index (χ4v) is 3.68. The monoisotopic (exact) mass is 371 g/mol. The number of benzene rings is 2. The highest BCUT2D eigenvalue weighted by molar-refractivity contribution is 9.10. The van der Waals surface area contributed by atoms with Crippen molar-refractivity contribution in [3.63, 3.8) is 0 Å². The second-order valence-corrected chi connectivity index (χ2v) is 7.11. The number of hydrogen-bond acceptors (Lipinski definition) is 2. The molecule has 0 heterocycles. The Hall–Kier alpha value is -1.45. The zero-order valence-electron chi connectivity index (χ0n) is 13.2. The predicted molar refractivity (Wildman–Crippen MR) is 97.1 cm³/mol. The van der Waals surface area contributed by atoms with E-state index in [1.54, 1.807) is 0 Å². The Morgan fingerprint density at radius 1 is 0.913 bits per heavy atom. The molecule has 23 heavy (non-hydrogen) atoms. The minimum atomic E-state index is 0.418. The van der Waals surface area contributed by atoms with Gasteiger partial charge in [0.2, 0.25) is 0 Å². The molecule has 2 nitrogen and oxygen atoms in total. The Bertz CT molecular complexity index is 646. The molecular weight excluding hydrogens is 350 g/mol. The zero-order chi connectivity index (χ0) is 16.1. The summed E-state index contributed by atoms with van der Waals surface area (Å²) in [7, 11) is 0. The van der Waals surface area contributed by atoms with Crippen LogP contribution in [0.1, 0.15) is 36.8 Å². The van der Waals surface area contributed by atoms with Crippen molar-refractivity contribution in [2.24, 2.45) is 0 Å². The zero-order valence-corrected chi connectivity index (χ0v) is 14.8. The number of halogens is 1. The second kappa shape index (κ2) is 7.89. The Labute approximate surface area is 146 Å². The van der Waals surface area contributed by atoms with Gasteiger partial charge in [0.1, 0.15) is 5.78 Å². The van der Waals surface area contributed by atoms with Gasteiger partial charge in [0, 0.05) is 36.4 Å². The summed E-state index contributed by atoms with van der Waals surface area (Å²) in [4.78, 5) is 14.1. The van der Waals surface area contributed by atoms with Crippen LogP contribution in [-0.2, 0) is 17.9 Å².